The second-order valence-corrected chi connectivity index (χ2v) is 10.5. The number of nitrogens with zero attached hydrogens (tertiary/aromatic N) is 5. The van der Waals surface area contributed by atoms with Crippen molar-refractivity contribution in [3.05, 3.63) is 64.8 Å². The van der Waals surface area contributed by atoms with E-state index in [-0.39, 0.29) is 18.1 Å². The third-order valence-electron chi connectivity index (χ3n) is 7.05. The summed E-state index contributed by atoms with van der Waals surface area (Å²) in [5, 5.41) is 13.2. The van der Waals surface area contributed by atoms with Gasteiger partial charge in [0.1, 0.15) is 17.8 Å². The molecule has 1 aromatic carbocycles. The van der Waals surface area contributed by atoms with Crippen LogP contribution in [-0.2, 0) is 17.6 Å². The molecule has 2 aliphatic rings. The molecule has 0 radical (unpaired) electrons. The molecule has 9 heteroatoms. The van der Waals surface area contributed by atoms with E-state index in [1.165, 1.54) is 0 Å². The zero-order valence-corrected chi connectivity index (χ0v) is 21.6. The largest absolute Gasteiger partial charge is 0.474 e. The lowest BCUT2D eigenvalue weighted by Gasteiger charge is -2.28. The fraction of sp³-hybridized carbons (Fsp3) is 0.481. The van der Waals surface area contributed by atoms with Gasteiger partial charge in [-0.1, -0.05) is 17.7 Å². The number of aromatic nitrogens is 4. The van der Waals surface area contributed by atoms with Gasteiger partial charge in [0.2, 0.25) is 11.8 Å². The molecule has 1 N–H and O–H groups in total. The van der Waals surface area contributed by atoms with Gasteiger partial charge in [-0.25, -0.2) is 4.98 Å². The number of fused-ring (bicyclic) bond motifs is 3. The summed E-state index contributed by atoms with van der Waals surface area (Å²) in [5.41, 5.74) is 2.17. The van der Waals surface area contributed by atoms with Crippen molar-refractivity contribution in [3.63, 3.8) is 0 Å². The van der Waals surface area contributed by atoms with Crippen molar-refractivity contribution in [2.75, 3.05) is 20.6 Å². The van der Waals surface area contributed by atoms with Crippen molar-refractivity contribution in [3.8, 4) is 11.6 Å². The monoisotopic (exact) mass is 508 g/mol. The fourth-order valence-corrected chi connectivity index (χ4v) is 5.43. The van der Waals surface area contributed by atoms with E-state index in [9.17, 15) is 4.79 Å². The average Bonchev–Trinajstić information content (AvgIpc) is 3.20. The highest BCUT2D eigenvalue weighted by molar-refractivity contribution is 6.30. The Morgan fingerprint density at radius 1 is 1.14 bits per heavy atom. The third-order valence-corrected chi connectivity index (χ3v) is 7.28. The number of halogens is 1. The third kappa shape index (κ3) is 5.71. The first-order chi connectivity index (χ1) is 17.5. The number of carbonyl (C=O) groups is 1. The Balaban J connectivity index is 1.34. The van der Waals surface area contributed by atoms with Crippen LogP contribution in [-0.4, -0.2) is 63.3 Å². The van der Waals surface area contributed by atoms with Crippen LogP contribution in [0.3, 0.4) is 0 Å². The van der Waals surface area contributed by atoms with Crippen LogP contribution < -0.4 is 10.1 Å². The molecule has 190 valence electrons. The van der Waals surface area contributed by atoms with E-state index in [0.29, 0.717) is 42.6 Å². The fourth-order valence-electron chi connectivity index (χ4n) is 5.24. The SMILES string of the molecule is CN(C)CCC(=O)N[C@@H]1Cc2cc(Cl)ccc2-n2c(nnc2C2CCC(Oc3ccccn3)CC2)C1. The highest BCUT2D eigenvalue weighted by Gasteiger charge is 2.32. The summed E-state index contributed by atoms with van der Waals surface area (Å²) in [6.07, 6.45) is 7.56. The van der Waals surface area contributed by atoms with Crippen molar-refractivity contribution >= 4 is 17.5 Å². The molecule has 1 aliphatic heterocycles. The Kier molecular flexibility index (Phi) is 7.53. The summed E-state index contributed by atoms with van der Waals surface area (Å²) in [7, 11) is 3.94. The van der Waals surface area contributed by atoms with Crippen LogP contribution in [0.25, 0.3) is 5.69 Å². The van der Waals surface area contributed by atoms with Crippen molar-refractivity contribution in [2.24, 2.45) is 0 Å². The second kappa shape index (κ2) is 11.0. The molecule has 1 atom stereocenters. The second-order valence-electron chi connectivity index (χ2n) is 10.1. The Labute approximate surface area is 217 Å². The van der Waals surface area contributed by atoms with E-state index in [4.69, 9.17) is 16.3 Å². The van der Waals surface area contributed by atoms with Crippen molar-refractivity contribution in [1.82, 2.24) is 30.0 Å². The quantitative estimate of drug-likeness (QED) is 0.520. The van der Waals surface area contributed by atoms with Gasteiger partial charge in [0.15, 0.2) is 0 Å². The maximum absolute atomic E-state index is 12.6. The summed E-state index contributed by atoms with van der Waals surface area (Å²) in [5.74, 6) is 2.91. The van der Waals surface area contributed by atoms with Crippen LogP contribution in [0.15, 0.2) is 42.6 Å². The van der Waals surface area contributed by atoms with E-state index in [1.807, 2.05) is 49.3 Å². The highest BCUT2D eigenvalue weighted by Crippen LogP contribution is 2.37. The van der Waals surface area contributed by atoms with Crippen LogP contribution in [0.1, 0.15) is 55.2 Å². The first-order valence-corrected chi connectivity index (χ1v) is 13.1. The van der Waals surface area contributed by atoms with E-state index >= 15 is 0 Å². The summed E-state index contributed by atoms with van der Waals surface area (Å²) >= 11 is 6.39. The Hall–Kier alpha value is -2.97. The number of carbonyl (C=O) groups excluding carboxylic acids is 1. The highest BCUT2D eigenvalue weighted by atomic mass is 35.5. The van der Waals surface area contributed by atoms with Crippen molar-refractivity contribution in [1.29, 1.82) is 0 Å². The maximum atomic E-state index is 12.6. The number of hydrogen-bond donors (Lipinski definition) is 1. The minimum atomic E-state index is -0.0577. The number of nitrogens with one attached hydrogen (secondary N) is 1. The topological polar surface area (TPSA) is 85.2 Å². The first-order valence-electron chi connectivity index (χ1n) is 12.7. The molecule has 0 bridgehead atoms. The Morgan fingerprint density at radius 3 is 2.72 bits per heavy atom. The molecule has 1 aliphatic carbocycles. The van der Waals surface area contributed by atoms with E-state index in [1.54, 1.807) is 6.20 Å². The molecular weight excluding hydrogens is 476 g/mol. The van der Waals surface area contributed by atoms with Crippen LogP contribution in [0, 0.1) is 0 Å². The minimum Gasteiger partial charge on any atom is -0.474 e. The van der Waals surface area contributed by atoms with Crippen molar-refractivity contribution < 1.29 is 9.53 Å². The van der Waals surface area contributed by atoms with Gasteiger partial charge < -0.3 is 15.0 Å². The number of ether oxygens (including phenoxy) is 1. The lowest BCUT2D eigenvalue weighted by molar-refractivity contribution is -0.122. The number of rotatable bonds is 7. The zero-order chi connectivity index (χ0) is 25.1. The summed E-state index contributed by atoms with van der Waals surface area (Å²) in [6.45, 7) is 0.716. The molecule has 0 unspecified atom stereocenters. The minimum absolute atomic E-state index is 0.0525. The van der Waals surface area contributed by atoms with Gasteiger partial charge in [-0.05, 0) is 76.0 Å². The van der Waals surface area contributed by atoms with Crippen LogP contribution in [0.4, 0.5) is 0 Å². The van der Waals surface area contributed by atoms with E-state index in [0.717, 1.165) is 48.6 Å². The number of amides is 1. The molecule has 0 spiro atoms. The molecule has 1 amide bonds. The van der Waals surface area contributed by atoms with Gasteiger partial charge in [-0.15, -0.1) is 10.2 Å². The van der Waals surface area contributed by atoms with Crippen LogP contribution >= 0.6 is 11.6 Å². The lowest BCUT2D eigenvalue weighted by atomic mass is 9.86. The predicted octanol–water partition coefficient (Wildman–Crippen LogP) is 3.96. The molecule has 36 heavy (non-hydrogen) atoms. The zero-order valence-electron chi connectivity index (χ0n) is 20.9. The number of pyridine rings is 1. The molecule has 0 saturated heterocycles. The normalized spacial score (nSPS) is 21.4. The van der Waals surface area contributed by atoms with Crippen molar-refractivity contribution in [2.45, 2.75) is 63.0 Å². The first kappa shape index (κ1) is 24.7. The van der Waals surface area contributed by atoms with E-state index < -0.39 is 0 Å². The summed E-state index contributed by atoms with van der Waals surface area (Å²) < 4.78 is 8.31. The lowest BCUT2D eigenvalue weighted by Crippen LogP contribution is -2.39. The Bertz CT molecular complexity index is 1190. The molecule has 3 aromatic rings. The molecular formula is C27H33ClN6O2. The van der Waals surface area contributed by atoms with Gasteiger partial charge in [0, 0.05) is 48.6 Å². The van der Waals surface area contributed by atoms with Gasteiger partial charge in [-0.3, -0.25) is 9.36 Å². The van der Waals surface area contributed by atoms with Crippen LogP contribution in [0.5, 0.6) is 5.88 Å². The van der Waals surface area contributed by atoms with Gasteiger partial charge in [-0.2, -0.15) is 0 Å². The molecule has 5 rings (SSSR count). The maximum Gasteiger partial charge on any atom is 0.221 e. The standard InChI is InChI=1S/C27H33ClN6O2/c1-33(2)14-12-25(35)30-21-16-19-15-20(28)8-11-23(19)34-24(17-21)31-32-27(34)18-6-9-22(10-7-18)36-26-5-3-4-13-29-26/h3-5,8,11,13,15,18,21-22H,6-7,9-10,12,14,16-17H2,1-2H3,(H,30,35)/t18?,21-,22?/m1/s1. The summed E-state index contributed by atoms with van der Waals surface area (Å²) in [4.78, 5) is 18.9. The van der Waals surface area contributed by atoms with Crippen LogP contribution in [0.2, 0.25) is 5.02 Å². The molecule has 2 aromatic heterocycles. The number of benzene rings is 1. The predicted molar refractivity (Wildman–Crippen MR) is 139 cm³/mol. The number of hydrogen-bond acceptors (Lipinski definition) is 6. The van der Waals surface area contributed by atoms with Gasteiger partial charge in [0.25, 0.3) is 0 Å². The van der Waals surface area contributed by atoms with Gasteiger partial charge in [0.05, 0.1) is 5.69 Å². The average molecular weight is 509 g/mol. The molecule has 1 saturated carbocycles. The smallest absolute Gasteiger partial charge is 0.221 e. The molecule has 1 fully saturated rings. The molecule has 3 heterocycles. The van der Waals surface area contributed by atoms with Gasteiger partial charge >= 0.3 is 0 Å². The van der Waals surface area contributed by atoms with E-state index in [2.05, 4.69) is 31.1 Å². The molecule has 8 nitrogen and oxygen atoms in total. The summed E-state index contributed by atoms with van der Waals surface area (Å²) in [6, 6.07) is 11.7. The Morgan fingerprint density at radius 2 is 1.97 bits per heavy atom.